The molecule has 3 nitrogen and oxygen atoms in total. The molecule has 1 aliphatic carbocycles. The van der Waals surface area contributed by atoms with Gasteiger partial charge in [0.2, 0.25) is 0 Å². The molecule has 0 heterocycles. The van der Waals surface area contributed by atoms with Crippen molar-refractivity contribution in [3.05, 3.63) is 35.1 Å². The third kappa shape index (κ3) is 3.55. The lowest BCUT2D eigenvalue weighted by molar-refractivity contribution is 0.0945. The van der Waals surface area contributed by atoms with Crippen LogP contribution in [0.4, 0.5) is 4.39 Å². The highest BCUT2D eigenvalue weighted by atomic mass is 19.1. The minimum Gasteiger partial charge on any atom is -0.395 e. The Labute approximate surface area is 111 Å². The third-order valence-corrected chi connectivity index (χ3v) is 3.11. The van der Waals surface area contributed by atoms with E-state index in [-0.39, 0.29) is 18.2 Å². The second kappa shape index (κ2) is 5.85. The van der Waals surface area contributed by atoms with Crippen LogP contribution in [-0.4, -0.2) is 23.7 Å². The zero-order chi connectivity index (χ0) is 13.8. The molecule has 1 saturated carbocycles. The lowest BCUT2D eigenvalue weighted by Crippen LogP contribution is -2.27. The molecule has 1 aliphatic rings. The first kappa shape index (κ1) is 13.6. The highest BCUT2D eigenvalue weighted by Crippen LogP contribution is 2.29. The van der Waals surface area contributed by atoms with Gasteiger partial charge in [-0.25, -0.2) is 4.39 Å². The van der Waals surface area contributed by atoms with Crippen LogP contribution in [0.15, 0.2) is 18.2 Å². The molecule has 2 N–H and O–H groups in total. The minimum absolute atomic E-state index is 0.0128. The van der Waals surface area contributed by atoms with Crippen molar-refractivity contribution in [1.29, 1.82) is 0 Å². The van der Waals surface area contributed by atoms with E-state index in [4.69, 9.17) is 5.11 Å². The molecule has 2 atom stereocenters. The Hall–Kier alpha value is -1.86. The Morgan fingerprint density at radius 1 is 1.58 bits per heavy atom. The Kier molecular flexibility index (Phi) is 4.18. The van der Waals surface area contributed by atoms with E-state index in [1.165, 1.54) is 18.2 Å². The molecular formula is C15H16FNO2. The number of aliphatic hydroxyl groups is 1. The number of carbonyl (C=O) groups is 1. The van der Waals surface area contributed by atoms with Crippen LogP contribution in [0.25, 0.3) is 0 Å². The largest absolute Gasteiger partial charge is 0.395 e. The molecule has 0 aromatic heterocycles. The Balaban J connectivity index is 2.12. The van der Waals surface area contributed by atoms with E-state index >= 15 is 0 Å². The second-order valence-electron chi connectivity index (χ2n) is 4.76. The van der Waals surface area contributed by atoms with Crippen LogP contribution in [0.5, 0.6) is 0 Å². The average molecular weight is 261 g/mol. The fourth-order valence-electron chi connectivity index (χ4n) is 1.77. The van der Waals surface area contributed by atoms with Crippen molar-refractivity contribution in [2.75, 3.05) is 6.61 Å². The standard InChI is InChI=1S/C15H16FNO2/c1-10-8-14(10)17-15(19)12-9-11(4-2-3-7-18)5-6-13(12)16/h5-6,9-10,14,18H,3,7-8H2,1H3,(H,17,19). The summed E-state index contributed by atoms with van der Waals surface area (Å²) in [4.78, 5) is 11.9. The van der Waals surface area contributed by atoms with Crippen molar-refractivity contribution < 1.29 is 14.3 Å². The van der Waals surface area contributed by atoms with Crippen molar-refractivity contribution in [2.45, 2.75) is 25.8 Å². The van der Waals surface area contributed by atoms with E-state index in [1.54, 1.807) is 0 Å². The number of aliphatic hydroxyl groups excluding tert-OH is 1. The lowest BCUT2D eigenvalue weighted by atomic mass is 10.1. The molecule has 0 spiro atoms. The Morgan fingerprint density at radius 3 is 2.95 bits per heavy atom. The second-order valence-corrected chi connectivity index (χ2v) is 4.76. The summed E-state index contributed by atoms with van der Waals surface area (Å²) >= 11 is 0. The van der Waals surface area contributed by atoms with E-state index in [9.17, 15) is 9.18 Å². The number of nitrogens with one attached hydrogen (secondary N) is 1. The van der Waals surface area contributed by atoms with Gasteiger partial charge in [-0.05, 0) is 30.5 Å². The number of benzene rings is 1. The number of carbonyl (C=O) groups excluding carboxylic acids is 1. The maximum absolute atomic E-state index is 13.6. The summed E-state index contributed by atoms with van der Waals surface area (Å²) in [5.74, 6) is 5.07. The number of halogens is 1. The molecule has 19 heavy (non-hydrogen) atoms. The molecule has 2 unspecified atom stereocenters. The van der Waals surface area contributed by atoms with Crippen molar-refractivity contribution in [3.8, 4) is 11.8 Å². The number of rotatable bonds is 3. The molecular weight excluding hydrogens is 245 g/mol. The fourth-order valence-corrected chi connectivity index (χ4v) is 1.77. The molecule has 4 heteroatoms. The van der Waals surface area contributed by atoms with E-state index in [0.29, 0.717) is 17.9 Å². The zero-order valence-electron chi connectivity index (χ0n) is 10.7. The van der Waals surface area contributed by atoms with Gasteiger partial charge < -0.3 is 10.4 Å². The van der Waals surface area contributed by atoms with Gasteiger partial charge in [-0.15, -0.1) is 0 Å². The van der Waals surface area contributed by atoms with Crippen LogP contribution >= 0.6 is 0 Å². The van der Waals surface area contributed by atoms with Crippen molar-refractivity contribution in [1.82, 2.24) is 5.32 Å². The molecule has 1 aromatic rings. The maximum atomic E-state index is 13.6. The van der Waals surface area contributed by atoms with Crippen LogP contribution in [0.2, 0.25) is 0 Å². The Bertz CT molecular complexity index is 545. The number of hydrogen-bond donors (Lipinski definition) is 2. The van der Waals surface area contributed by atoms with Crippen molar-refractivity contribution in [2.24, 2.45) is 5.92 Å². The first-order valence-electron chi connectivity index (χ1n) is 6.32. The Morgan fingerprint density at radius 2 is 2.32 bits per heavy atom. The monoisotopic (exact) mass is 261 g/mol. The smallest absolute Gasteiger partial charge is 0.254 e. The topological polar surface area (TPSA) is 49.3 Å². The molecule has 1 amide bonds. The zero-order valence-corrected chi connectivity index (χ0v) is 10.7. The van der Waals surface area contributed by atoms with Crippen LogP contribution < -0.4 is 5.32 Å². The van der Waals surface area contributed by atoms with Gasteiger partial charge in [0.1, 0.15) is 5.82 Å². The molecule has 0 bridgehead atoms. The summed E-state index contributed by atoms with van der Waals surface area (Å²) in [6.07, 6.45) is 1.31. The SMILES string of the molecule is CC1CC1NC(=O)c1cc(C#CCCO)ccc1F. The van der Waals surface area contributed by atoms with E-state index in [2.05, 4.69) is 17.2 Å². The summed E-state index contributed by atoms with van der Waals surface area (Å²) in [5, 5.41) is 11.4. The quantitative estimate of drug-likeness (QED) is 0.814. The van der Waals surface area contributed by atoms with Gasteiger partial charge in [-0.3, -0.25) is 4.79 Å². The highest BCUT2D eigenvalue weighted by Gasteiger charge is 2.34. The molecule has 100 valence electrons. The predicted octanol–water partition coefficient (Wildman–Crippen LogP) is 1.70. The van der Waals surface area contributed by atoms with E-state index in [0.717, 1.165) is 6.42 Å². The molecule has 0 aliphatic heterocycles. The van der Waals surface area contributed by atoms with Gasteiger partial charge in [0.05, 0.1) is 12.2 Å². The van der Waals surface area contributed by atoms with Crippen LogP contribution in [-0.2, 0) is 0 Å². The van der Waals surface area contributed by atoms with Gasteiger partial charge in [0.25, 0.3) is 5.91 Å². The van der Waals surface area contributed by atoms with Crippen molar-refractivity contribution in [3.63, 3.8) is 0 Å². The van der Waals surface area contributed by atoms with E-state index in [1.807, 2.05) is 6.92 Å². The summed E-state index contributed by atoms with van der Waals surface area (Å²) in [6, 6.07) is 4.38. The minimum atomic E-state index is -0.543. The number of amides is 1. The lowest BCUT2D eigenvalue weighted by Gasteiger charge is -2.05. The van der Waals surface area contributed by atoms with Gasteiger partial charge in [0, 0.05) is 18.0 Å². The predicted molar refractivity (Wildman–Crippen MR) is 70.0 cm³/mol. The van der Waals surface area contributed by atoms with Crippen LogP contribution in [0, 0.1) is 23.6 Å². The van der Waals surface area contributed by atoms with Crippen LogP contribution in [0.3, 0.4) is 0 Å². The molecule has 0 saturated heterocycles. The van der Waals surface area contributed by atoms with Gasteiger partial charge >= 0.3 is 0 Å². The van der Waals surface area contributed by atoms with Crippen molar-refractivity contribution >= 4 is 5.91 Å². The summed E-state index contributed by atoms with van der Waals surface area (Å²) in [6.45, 7) is 2.03. The highest BCUT2D eigenvalue weighted by molar-refractivity contribution is 5.95. The first-order valence-corrected chi connectivity index (χ1v) is 6.32. The van der Waals surface area contributed by atoms with Gasteiger partial charge in [0.15, 0.2) is 0 Å². The summed E-state index contributed by atoms with van der Waals surface area (Å²) in [5.41, 5.74) is 0.596. The number of hydrogen-bond acceptors (Lipinski definition) is 2. The molecule has 2 rings (SSSR count). The molecule has 1 fully saturated rings. The van der Waals surface area contributed by atoms with Crippen LogP contribution in [0.1, 0.15) is 35.7 Å². The average Bonchev–Trinajstić information content (AvgIpc) is 3.07. The van der Waals surface area contributed by atoms with E-state index < -0.39 is 11.7 Å². The van der Waals surface area contributed by atoms with Gasteiger partial charge in [-0.1, -0.05) is 18.8 Å². The first-order chi connectivity index (χ1) is 9.11. The normalized spacial score (nSPS) is 20.4. The molecule has 0 radical (unpaired) electrons. The summed E-state index contributed by atoms with van der Waals surface area (Å²) < 4.78 is 13.6. The fraction of sp³-hybridized carbons (Fsp3) is 0.400. The van der Waals surface area contributed by atoms with Gasteiger partial charge in [-0.2, -0.15) is 0 Å². The molecule has 1 aromatic carbocycles. The maximum Gasteiger partial charge on any atom is 0.254 e. The third-order valence-electron chi connectivity index (χ3n) is 3.11. The summed E-state index contributed by atoms with van der Waals surface area (Å²) in [7, 11) is 0.